The Hall–Kier alpha value is -7.69. The molecular formula is C62H77N7O19. The zero-order chi connectivity index (χ0) is 63.1. The molecule has 0 aromatic heterocycles. The van der Waals surface area contributed by atoms with Gasteiger partial charge in [0.2, 0.25) is 23.5 Å². The number of nitrogens with one attached hydrogen (secondary N) is 4. The van der Waals surface area contributed by atoms with Gasteiger partial charge in [0.05, 0.1) is 55.3 Å². The highest BCUT2D eigenvalue weighted by Crippen LogP contribution is 2.53. The average molecular weight is 1220 g/mol. The largest absolute Gasteiger partial charge is 0.507 e. The van der Waals surface area contributed by atoms with Crippen molar-refractivity contribution in [2.75, 3.05) is 72.0 Å². The van der Waals surface area contributed by atoms with Crippen molar-refractivity contribution in [1.82, 2.24) is 30.7 Å². The number of imide groups is 1. The summed E-state index contributed by atoms with van der Waals surface area (Å²) in [6.45, 7) is 8.45. The average Bonchev–Trinajstić information content (AvgIpc) is 0.768. The van der Waals surface area contributed by atoms with Crippen molar-refractivity contribution >= 4 is 58.7 Å². The molecule has 3 saturated heterocycles. The van der Waals surface area contributed by atoms with E-state index >= 15 is 0 Å². The Bertz CT molecular complexity index is 3180. The lowest BCUT2D eigenvalue weighted by Gasteiger charge is -2.43. The van der Waals surface area contributed by atoms with Crippen LogP contribution in [0.5, 0.6) is 17.2 Å². The number of benzene rings is 3. The van der Waals surface area contributed by atoms with Crippen molar-refractivity contribution in [3.63, 3.8) is 0 Å². The third-order valence-electron chi connectivity index (χ3n) is 16.8. The zero-order valence-corrected chi connectivity index (χ0v) is 50.1. The van der Waals surface area contributed by atoms with E-state index in [1.165, 1.54) is 56.4 Å². The van der Waals surface area contributed by atoms with Gasteiger partial charge in [-0.25, -0.2) is 4.79 Å². The fourth-order valence-corrected chi connectivity index (χ4v) is 11.8. The number of carbonyl (C=O) groups is 9. The summed E-state index contributed by atoms with van der Waals surface area (Å²) in [6.07, 6.45) is -1.26. The Kier molecular flexibility index (Phi) is 20.8. The molecular weight excluding hydrogens is 1150 g/mol. The van der Waals surface area contributed by atoms with Gasteiger partial charge < -0.3 is 69.3 Å². The summed E-state index contributed by atoms with van der Waals surface area (Å²) < 4.78 is 41.4. The van der Waals surface area contributed by atoms with Gasteiger partial charge in [0.1, 0.15) is 41.5 Å². The number of Topliss-reactive ketones (excluding diaryl/α,β-unsaturated/α-hetero) is 1. The Morgan fingerprint density at radius 1 is 0.830 bits per heavy atom. The van der Waals surface area contributed by atoms with Crippen molar-refractivity contribution in [2.24, 2.45) is 5.92 Å². The molecule has 9 rings (SSSR count). The van der Waals surface area contributed by atoms with Crippen LogP contribution in [0.2, 0.25) is 0 Å². The van der Waals surface area contributed by atoms with Gasteiger partial charge in [-0.05, 0) is 62.8 Å². The highest BCUT2D eigenvalue weighted by molar-refractivity contribution is 6.31. The van der Waals surface area contributed by atoms with Crippen LogP contribution in [-0.2, 0) is 70.2 Å². The van der Waals surface area contributed by atoms with Gasteiger partial charge in [0.15, 0.2) is 30.4 Å². The van der Waals surface area contributed by atoms with Gasteiger partial charge in [0, 0.05) is 107 Å². The quantitative estimate of drug-likeness (QED) is 0.0319. The number of morpholine rings is 1. The maximum absolute atomic E-state index is 14.5. The van der Waals surface area contributed by atoms with Crippen molar-refractivity contribution in [1.29, 1.82) is 0 Å². The number of piperazine rings is 1. The molecule has 0 unspecified atom stereocenters. The summed E-state index contributed by atoms with van der Waals surface area (Å²) in [6, 6.07) is 9.08. The van der Waals surface area contributed by atoms with Crippen molar-refractivity contribution in [2.45, 2.75) is 140 Å². The van der Waals surface area contributed by atoms with Crippen LogP contribution in [0, 0.1) is 5.92 Å². The Balaban J connectivity index is 0.767. The number of anilines is 1. The van der Waals surface area contributed by atoms with E-state index in [2.05, 4.69) is 21.3 Å². The van der Waals surface area contributed by atoms with E-state index in [0.717, 1.165) is 4.90 Å². The smallest absolute Gasteiger partial charge is 0.410 e. The minimum atomic E-state index is -2.24. The number of ether oxygens (including phenoxy) is 7. The highest BCUT2D eigenvalue weighted by Gasteiger charge is 2.51. The first-order valence-electron chi connectivity index (χ1n) is 29.7. The standard InChI is InChI=1S/C62H77N7O19/c1-33(2)52(66-44(71)13-8-7-9-23-69-45(72)19-20-46(69)73)58(79)64-34(3)57(78)65-37-16-14-36(15-17-37)32-85-61(80)68-26-24-67(25-27-68)31-43(70)62(81)29-39-49(56(77)51-50(54(39)75)53(74)38-11-10-12-41(82-5)48(38)55(51)76)42(30-62)87-47-21-18-40(35(4)86-47)88-59-60(83-6)84-28-22-63-59/h10-12,14-17,19-20,33-35,40,42,47,52,59-60,63,75,77,81H,7-9,13,18,21-32H2,1-6H3,(H,64,79)(H,65,78)(H,66,71)/t34-,35-,40-,42-,47-,52-,59+,60-,62-/m0/s1. The lowest BCUT2D eigenvalue weighted by molar-refractivity contribution is -0.281. The maximum Gasteiger partial charge on any atom is 0.410 e. The zero-order valence-electron chi connectivity index (χ0n) is 50.1. The fourth-order valence-electron chi connectivity index (χ4n) is 11.8. The minimum Gasteiger partial charge on any atom is -0.507 e. The third kappa shape index (κ3) is 14.4. The molecule has 0 radical (unpaired) electrons. The third-order valence-corrected chi connectivity index (χ3v) is 16.8. The second-order valence-corrected chi connectivity index (χ2v) is 23.2. The van der Waals surface area contributed by atoms with Gasteiger partial charge in [0.25, 0.3) is 11.8 Å². The number of phenols is 2. The maximum atomic E-state index is 14.5. The Morgan fingerprint density at radius 2 is 1.55 bits per heavy atom. The van der Waals surface area contributed by atoms with Crippen LogP contribution >= 0.6 is 0 Å². The number of fused-ring (bicyclic) bond motifs is 3. The molecule has 3 aromatic carbocycles. The summed E-state index contributed by atoms with van der Waals surface area (Å²) >= 11 is 0. The van der Waals surface area contributed by atoms with Gasteiger partial charge >= 0.3 is 6.09 Å². The fraction of sp³-hybridized carbons (Fsp3) is 0.532. The van der Waals surface area contributed by atoms with E-state index in [9.17, 15) is 58.5 Å². The number of phenolic OH excluding ortho intramolecular Hbond substituents is 2. The molecule has 9 atom stereocenters. The molecule has 26 nitrogen and oxygen atoms in total. The number of amides is 6. The number of hydrogen-bond donors (Lipinski definition) is 7. The van der Waals surface area contributed by atoms with Crippen LogP contribution in [0.1, 0.15) is 127 Å². The molecule has 6 aliphatic rings. The molecule has 474 valence electrons. The van der Waals surface area contributed by atoms with Gasteiger partial charge in [-0.2, -0.15) is 0 Å². The number of nitrogens with zero attached hydrogens (tertiary/aromatic N) is 3. The summed E-state index contributed by atoms with van der Waals surface area (Å²) in [7, 11) is 2.85. The van der Waals surface area contributed by atoms with E-state index in [1.54, 1.807) is 49.9 Å². The summed E-state index contributed by atoms with van der Waals surface area (Å²) in [5.74, 6) is -5.87. The van der Waals surface area contributed by atoms with E-state index in [-0.39, 0.29) is 110 Å². The Morgan fingerprint density at radius 3 is 2.23 bits per heavy atom. The highest BCUT2D eigenvalue weighted by atomic mass is 16.7. The number of rotatable bonds is 23. The normalized spacial score (nSPS) is 24.3. The lowest BCUT2D eigenvalue weighted by Crippen LogP contribution is -2.55. The summed E-state index contributed by atoms with van der Waals surface area (Å²) in [5.41, 5.74) is -2.55. The number of aromatic hydroxyl groups is 2. The molecule has 3 fully saturated rings. The molecule has 88 heavy (non-hydrogen) atoms. The van der Waals surface area contributed by atoms with Crippen LogP contribution in [0.3, 0.4) is 0 Å². The first-order valence-corrected chi connectivity index (χ1v) is 29.7. The number of unbranched alkanes of at least 4 members (excludes halogenated alkanes) is 2. The van der Waals surface area contributed by atoms with E-state index in [4.69, 9.17) is 33.2 Å². The van der Waals surface area contributed by atoms with Gasteiger partial charge in [-0.1, -0.05) is 44.5 Å². The van der Waals surface area contributed by atoms with E-state index in [1.807, 2.05) is 0 Å². The molecule has 0 spiro atoms. The second kappa shape index (κ2) is 28.2. The molecule has 4 aliphatic heterocycles. The molecule has 0 bridgehead atoms. The van der Waals surface area contributed by atoms with Crippen LogP contribution in [-0.4, -0.2) is 198 Å². The number of methoxy groups -OCH3 is 2. The topological polar surface area (TPSA) is 337 Å². The molecule has 6 amide bonds. The molecule has 0 saturated carbocycles. The van der Waals surface area contributed by atoms with Gasteiger partial charge in [-0.15, -0.1) is 0 Å². The van der Waals surface area contributed by atoms with E-state index < -0.39 is 126 Å². The second-order valence-electron chi connectivity index (χ2n) is 23.2. The first kappa shape index (κ1) is 64.8. The predicted octanol–water partition coefficient (Wildman–Crippen LogP) is 3.04. The Labute approximate surface area is 508 Å². The van der Waals surface area contributed by atoms with Crippen molar-refractivity contribution < 1.29 is 91.6 Å². The minimum absolute atomic E-state index is 0.0659. The van der Waals surface area contributed by atoms with Crippen molar-refractivity contribution in [3.8, 4) is 17.2 Å². The number of ketones is 3. The number of aliphatic hydroxyl groups is 1. The SMILES string of the molecule is COc1cccc2c1C(=O)c1c(O)c3c(c(O)c1C2=O)C[C@@](O)(C(=O)CN1CCN(C(=O)OCc2ccc(NC(=O)[C@H](C)NC(=O)[C@@H](NC(=O)CCCCCN4C(=O)C=CC4=O)C(C)C)cc2)CC1)C[C@@H]3O[C@H]1CC[C@H](O[C@H]2NCCO[C@@H]2OC)[C@H](C)O1. The van der Waals surface area contributed by atoms with E-state index in [0.29, 0.717) is 50.1 Å². The molecule has 26 heteroatoms. The molecule has 2 aliphatic carbocycles. The lowest BCUT2D eigenvalue weighted by atomic mass is 9.71. The molecule has 7 N–H and O–H groups in total. The first-order chi connectivity index (χ1) is 42.1. The van der Waals surface area contributed by atoms with Crippen LogP contribution in [0.4, 0.5) is 10.5 Å². The number of carbonyl (C=O) groups excluding carboxylic acids is 9. The summed E-state index contributed by atoms with van der Waals surface area (Å²) in [5, 5.41) is 48.1. The monoisotopic (exact) mass is 1220 g/mol. The number of hydrogen-bond acceptors (Lipinski definition) is 21. The van der Waals surface area contributed by atoms with Gasteiger partial charge in [-0.3, -0.25) is 53.5 Å². The molecule has 4 heterocycles. The predicted molar refractivity (Wildman–Crippen MR) is 311 cm³/mol. The molecule has 3 aromatic rings. The van der Waals surface area contributed by atoms with Crippen LogP contribution in [0.25, 0.3) is 0 Å². The summed E-state index contributed by atoms with van der Waals surface area (Å²) in [4.78, 5) is 123. The van der Waals surface area contributed by atoms with Crippen LogP contribution in [0.15, 0.2) is 54.6 Å². The van der Waals surface area contributed by atoms with Crippen LogP contribution < -0.4 is 26.0 Å². The van der Waals surface area contributed by atoms with Crippen molar-refractivity contribution in [3.05, 3.63) is 93.6 Å².